The molecule has 0 bridgehead atoms. The summed E-state index contributed by atoms with van der Waals surface area (Å²) in [6.45, 7) is 1.30. The fourth-order valence-electron chi connectivity index (χ4n) is 4.76. The monoisotopic (exact) mass is 442 g/mol. The molecule has 1 aromatic carbocycles. The highest BCUT2D eigenvalue weighted by atomic mass is 16.5. The van der Waals surface area contributed by atoms with Gasteiger partial charge in [0.25, 0.3) is 0 Å². The van der Waals surface area contributed by atoms with Crippen molar-refractivity contribution in [3.63, 3.8) is 0 Å². The van der Waals surface area contributed by atoms with Crippen LogP contribution in [0.15, 0.2) is 59.5 Å². The number of nitrogens with zero attached hydrogens (tertiary/aromatic N) is 6. The zero-order valence-corrected chi connectivity index (χ0v) is 19.3. The van der Waals surface area contributed by atoms with E-state index in [9.17, 15) is 0 Å². The highest BCUT2D eigenvalue weighted by Gasteiger charge is 2.18. The molecular weight excluding hydrogens is 412 g/mol. The predicted octanol–water partition coefficient (Wildman–Crippen LogP) is 5.21. The lowest BCUT2D eigenvalue weighted by Gasteiger charge is -2.22. The Labute approximate surface area is 194 Å². The van der Waals surface area contributed by atoms with E-state index in [4.69, 9.17) is 9.62 Å². The van der Waals surface area contributed by atoms with Gasteiger partial charge in [-0.05, 0) is 43.5 Å². The van der Waals surface area contributed by atoms with Gasteiger partial charge >= 0.3 is 0 Å². The number of benzene rings is 1. The molecule has 0 radical (unpaired) electrons. The molecule has 0 saturated heterocycles. The molecule has 7 heteroatoms. The Balaban J connectivity index is 1.27. The second kappa shape index (κ2) is 9.67. The highest BCUT2D eigenvalue weighted by Crippen LogP contribution is 2.34. The molecule has 0 atom stereocenters. The molecule has 0 N–H and O–H groups in total. The minimum Gasteiger partial charge on any atom is -0.338 e. The largest absolute Gasteiger partial charge is 0.338 e. The van der Waals surface area contributed by atoms with Crippen LogP contribution in [0.4, 0.5) is 0 Å². The van der Waals surface area contributed by atoms with Crippen molar-refractivity contribution in [2.45, 2.75) is 51.1 Å². The number of rotatable bonds is 7. The van der Waals surface area contributed by atoms with Crippen LogP contribution in [0.25, 0.3) is 22.6 Å². The summed E-state index contributed by atoms with van der Waals surface area (Å²) < 4.78 is 7.36. The highest BCUT2D eigenvalue weighted by molar-refractivity contribution is 5.63. The van der Waals surface area contributed by atoms with Crippen LogP contribution in [0.1, 0.15) is 55.0 Å². The van der Waals surface area contributed by atoms with Gasteiger partial charge in [-0.3, -0.25) is 14.6 Å². The van der Waals surface area contributed by atoms with Gasteiger partial charge in [-0.2, -0.15) is 10.1 Å². The van der Waals surface area contributed by atoms with Gasteiger partial charge in [-0.15, -0.1) is 0 Å². The van der Waals surface area contributed by atoms with Gasteiger partial charge in [0.2, 0.25) is 11.7 Å². The van der Waals surface area contributed by atoms with Crippen LogP contribution in [-0.4, -0.2) is 36.9 Å². The molecule has 0 unspecified atom stereocenters. The van der Waals surface area contributed by atoms with Crippen LogP contribution in [0.2, 0.25) is 0 Å². The minimum atomic E-state index is 0.563. The van der Waals surface area contributed by atoms with Crippen LogP contribution in [-0.2, 0) is 20.1 Å². The van der Waals surface area contributed by atoms with Gasteiger partial charge < -0.3 is 4.52 Å². The maximum absolute atomic E-state index is 5.47. The Morgan fingerprint density at radius 1 is 0.970 bits per heavy atom. The lowest BCUT2D eigenvalue weighted by molar-refractivity contribution is 0.261. The van der Waals surface area contributed by atoms with Gasteiger partial charge in [0.05, 0.1) is 12.2 Å². The van der Waals surface area contributed by atoms with Crippen molar-refractivity contribution >= 4 is 0 Å². The zero-order valence-electron chi connectivity index (χ0n) is 19.3. The zero-order chi connectivity index (χ0) is 22.6. The van der Waals surface area contributed by atoms with Crippen molar-refractivity contribution in [2.75, 3.05) is 7.05 Å². The standard InChI is InChI=1S/C26H30N6O/c1-31(18-24-28-26(30-33-24)22-12-14-27-15-13-22)16-23-17-32(2)29-25(23)21-10-8-20(9-11-21)19-6-4-3-5-7-19/h8-15,17,19H,3-7,16,18H2,1-2H3. The molecule has 0 aliphatic heterocycles. The molecular formula is C26H30N6O. The molecule has 33 heavy (non-hydrogen) atoms. The van der Waals surface area contributed by atoms with Gasteiger partial charge in [-0.25, -0.2) is 0 Å². The summed E-state index contributed by atoms with van der Waals surface area (Å²) in [5.41, 5.74) is 5.74. The second-order valence-electron chi connectivity index (χ2n) is 9.05. The minimum absolute atomic E-state index is 0.563. The van der Waals surface area contributed by atoms with E-state index in [1.165, 1.54) is 43.2 Å². The van der Waals surface area contributed by atoms with E-state index < -0.39 is 0 Å². The van der Waals surface area contributed by atoms with Crippen molar-refractivity contribution in [3.8, 4) is 22.6 Å². The Morgan fingerprint density at radius 3 is 2.48 bits per heavy atom. The maximum atomic E-state index is 5.47. The van der Waals surface area contributed by atoms with E-state index in [0.717, 1.165) is 23.4 Å². The summed E-state index contributed by atoms with van der Waals surface area (Å²) in [5, 5.41) is 8.87. The Kier molecular flexibility index (Phi) is 6.30. The molecule has 3 aromatic heterocycles. The smallest absolute Gasteiger partial charge is 0.241 e. The Morgan fingerprint density at radius 2 is 1.73 bits per heavy atom. The van der Waals surface area contributed by atoms with Gasteiger partial charge in [-0.1, -0.05) is 48.7 Å². The molecule has 1 fully saturated rings. The number of hydrogen-bond acceptors (Lipinski definition) is 6. The number of aromatic nitrogens is 5. The van der Waals surface area contributed by atoms with E-state index in [1.807, 2.05) is 23.9 Å². The van der Waals surface area contributed by atoms with Crippen molar-refractivity contribution in [3.05, 3.63) is 72.0 Å². The van der Waals surface area contributed by atoms with E-state index in [0.29, 0.717) is 24.2 Å². The fraction of sp³-hybridized carbons (Fsp3) is 0.385. The van der Waals surface area contributed by atoms with E-state index >= 15 is 0 Å². The third-order valence-corrected chi connectivity index (χ3v) is 6.42. The SMILES string of the molecule is CN(Cc1nc(-c2ccncc2)no1)Cc1cn(C)nc1-c1ccc(C2CCCCC2)cc1. The van der Waals surface area contributed by atoms with Crippen LogP contribution >= 0.6 is 0 Å². The molecule has 7 nitrogen and oxygen atoms in total. The summed E-state index contributed by atoms with van der Waals surface area (Å²) in [7, 11) is 4.03. The number of pyridine rings is 1. The maximum Gasteiger partial charge on any atom is 0.241 e. The first kappa shape index (κ1) is 21.5. The quantitative estimate of drug-likeness (QED) is 0.391. The summed E-state index contributed by atoms with van der Waals surface area (Å²) in [6, 6.07) is 12.8. The number of aryl methyl sites for hydroxylation is 1. The fourth-order valence-corrected chi connectivity index (χ4v) is 4.76. The van der Waals surface area contributed by atoms with Crippen molar-refractivity contribution in [1.29, 1.82) is 0 Å². The van der Waals surface area contributed by atoms with Crippen molar-refractivity contribution < 1.29 is 4.52 Å². The molecule has 0 amide bonds. The Hall–Kier alpha value is -3.32. The third-order valence-electron chi connectivity index (χ3n) is 6.42. The number of hydrogen-bond donors (Lipinski definition) is 0. The summed E-state index contributed by atoms with van der Waals surface area (Å²) >= 11 is 0. The van der Waals surface area contributed by atoms with E-state index in [1.54, 1.807) is 12.4 Å². The van der Waals surface area contributed by atoms with Gasteiger partial charge in [0.15, 0.2) is 0 Å². The van der Waals surface area contributed by atoms with Crippen LogP contribution in [0, 0.1) is 0 Å². The van der Waals surface area contributed by atoms with E-state index in [-0.39, 0.29) is 0 Å². The molecule has 1 aliphatic carbocycles. The van der Waals surface area contributed by atoms with Crippen LogP contribution in [0.3, 0.4) is 0 Å². The van der Waals surface area contributed by atoms with E-state index in [2.05, 4.69) is 57.5 Å². The first-order valence-corrected chi connectivity index (χ1v) is 11.7. The normalized spacial score (nSPS) is 14.8. The molecule has 3 heterocycles. The first-order valence-electron chi connectivity index (χ1n) is 11.7. The van der Waals surface area contributed by atoms with Crippen LogP contribution < -0.4 is 0 Å². The summed E-state index contributed by atoms with van der Waals surface area (Å²) in [6.07, 6.45) is 12.3. The lowest BCUT2D eigenvalue weighted by Crippen LogP contribution is -2.17. The topological polar surface area (TPSA) is 72.9 Å². The summed E-state index contributed by atoms with van der Waals surface area (Å²) in [5.74, 6) is 1.89. The molecule has 1 aliphatic rings. The molecule has 170 valence electrons. The van der Waals surface area contributed by atoms with Crippen LogP contribution in [0.5, 0.6) is 0 Å². The molecule has 5 rings (SSSR count). The molecule has 4 aromatic rings. The predicted molar refractivity (Wildman–Crippen MR) is 127 cm³/mol. The van der Waals surface area contributed by atoms with Crippen molar-refractivity contribution in [2.24, 2.45) is 7.05 Å². The molecule has 0 spiro atoms. The average Bonchev–Trinajstić information content (AvgIpc) is 3.46. The third kappa shape index (κ3) is 5.03. The van der Waals surface area contributed by atoms with Crippen molar-refractivity contribution in [1.82, 2.24) is 29.8 Å². The summed E-state index contributed by atoms with van der Waals surface area (Å²) in [4.78, 5) is 10.7. The lowest BCUT2D eigenvalue weighted by atomic mass is 9.84. The second-order valence-corrected chi connectivity index (χ2v) is 9.05. The van der Waals surface area contributed by atoms with Gasteiger partial charge in [0, 0.05) is 48.9 Å². The Bertz CT molecular complexity index is 1180. The van der Waals surface area contributed by atoms with Gasteiger partial charge in [0.1, 0.15) is 0 Å². The average molecular weight is 443 g/mol. The first-order chi connectivity index (χ1) is 16.2. The molecule has 1 saturated carbocycles.